The molecule has 2 N–H and O–H groups in total. The second-order valence-corrected chi connectivity index (χ2v) is 5.00. The van der Waals surface area contributed by atoms with Crippen LogP contribution in [0.2, 0.25) is 5.02 Å². The molecule has 0 aliphatic carbocycles. The van der Waals surface area contributed by atoms with E-state index >= 15 is 0 Å². The first-order valence-electron chi connectivity index (χ1n) is 6.36. The summed E-state index contributed by atoms with van der Waals surface area (Å²) >= 11 is 5.89. The number of carboxylic acids is 1. The van der Waals surface area contributed by atoms with Crippen molar-refractivity contribution in [1.82, 2.24) is 5.32 Å². The molecule has 0 spiro atoms. The minimum atomic E-state index is -0.883. The van der Waals surface area contributed by atoms with Crippen molar-refractivity contribution in [1.29, 1.82) is 0 Å². The van der Waals surface area contributed by atoms with Gasteiger partial charge in [-0.1, -0.05) is 11.6 Å². The molecular weight excluding hydrogens is 282 g/mol. The third kappa shape index (κ3) is 5.48. The highest BCUT2D eigenvalue weighted by atomic mass is 35.5. The van der Waals surface area contributed by atoms with E-state index < -0.39 is 5.97 Å². The van der Waals surface area contributed by atoms with Crippen molar-refractivity contribution in [3.05, 3.63) is 28.8 Å². The van der Waals surface area contributed by atoms with Crippen LogP contribution in [0.5, 0.6) is 5.75 Å². The highest BCUT2D eigenvalue weighted by molar-refractivity contribution is 6.31. The lowest BCUT2D eigenvalue weighted by molar-refractivity contribution is -0.137. The quantitative estimate of drug-likeness (QED) is 0.759. The molecule has 0 heterocycles. The van der Waals surface area contributed by atoms with Crippen molar-refractivity contribution in [2.45, 2.75) is 32.8 Å². The van der Waals surface area contributed by atoms with Crippen LogP contribution in [0.1, 0.15) is 37.0 Å². The predicted octanol–water partition coefficient (Wildman–Crippen LogP) is 2.72. The Morgan fingerprint density at radius 3 is 2.70 bits per heavy atom. The molecule has 0 unspecified atom stereocenters. The van der Waals surface area contributed by atoms with E-state index in [0.717, 1.165) is 0 Å². The molecule has 0 radical (unpaired) electrons. The summed E-state index contributed by atoms with van der Waals surface area (Å²) in [7, 11) is 0. The first kappa shape index (κ1) is 16.3. The van der Waals surface area contributed by atoms with Crippen molar-refractivity contribution in [3.8, 4) is 5.75 Å². The van der Waals surface area contributed by atoms with Crippen molar-refractivity contribution in [2.24, 2.45) is 0 Å². The van der Waals surface area contributed by atoms with Crippen LogP contribution in [0.3, 0.4) is 0 Å². The number of hydrogen-bond donors (Lipinski definition) is 2. The number of aliphatic carboxylic acids is 1. The summed E-state index contributed by atoms with van der Waals surface area (Å²) in [4.78, 5) is 22.4. The first-order chi connectivity index (χ1) is 9.40. The van der Waals surface area contributed by atoms with Crippen LogP contribution in [0.4, 0.5) is 0 Å². The van der Waals surface area contributed by atoms with E-state index in [-0.39, 0.29) is 18.4 Å². The maximum Gasteiger partial charge on any atom is 0.303 e. The molecule has 0 atom stereocenters. The third-order valence-corrected chi connectivity index (χ3v) is 2.64. The van der Waals surface area contributed by atoms with Crippen molar-refractivity contribution in [3.63, 3.8) is 0 Å². The number of halogens is 1. The number of amides is 1. The minimum absolute atomic E-state index is 0.0190. The lowest BCUT2D eigenvalue weighted by atomic mass is 10.1. The van der Waals surface area contributed by atoms with Gasteiger partial charge in [0.25, 0.3) is 5.91 Å². The Balaban J connectivity index is 2.70. The van der Waals surface area contributed by atoms with Crippen molar-refractivity contribution in [2.75, 3.05) is 6.54 Å². The Morgan fingerprint density at radius 1 is 1.40 bits per heavy atom. The van der Waals surface area contributed by atoms with Crippen LogP contribution in [-0.2, 0) is 4.79 Å². The number of nitrogens with one attached hydrogen (secondary N) is 1. The van der Waals surface area contributed by atoms with Gasteiger partial charge in [-0.2, -0.15) is 0 Å². The summed E-state index contributed by atoms with van der Waals surface area (Å²) in [5.74, 6) is -0.750. The van der Waals surface area contributed by atoms with E-state index in [4.69, 9.17) is 21.4 Å². The maximum atomic E-state index is 12.0. The fourth-order valence-corrected chi connectivity index (χ4v) is 1.75. The summed E-state index contributed by atoms with van der Waals surface area (Å²) in [6.07, 6.45) is 0.336. The number of rotatable bonds is 7. The van der Waals surface area contributed by atoms with Gasteiger partial charge in [0.15, 0.2) is 0 Å². The molecule has 1 aromatic rings. The molecule has 1 amide bonds. The standard InChI is InChI=1S/C14H18ClNO4/c1-9(2)20-12-6-5-10(15)8-11(12)14(19)16-7-3-4-13(17)18/h5-6,8-9H,3-4,7H2,1-2H3,(H,16,19)(H,17,18). The molecule has 20 heavy (non-hydrogen) atoms. The summed E-state index contributed by atoms with van der Waals surface area (Å²) in [6.45, 7) is 4.02. The molecule has 0 aliphatic heterocycles. The number of ether oxygens (including phenoxy) is 1. The molecule has 0 aliphatic rings. The predicted molar refractivity (Wildman–Crippen MR) is 76.4 cm³/mol. The van der Waals surface area contributed by atoms with Crippen LogP contribution in [0, 0.1) is 0 Å². The molecule has 0 aromatic heterocycles. The van der Waals surface area contributed by atoms with E-state index in [2.05, 4.69) is 5.32 Å². The van der Waals surface area contributed by atoms with Gasteiger partial charge in [0.05, 0.1) is 11.7 Å². The average molecular weight is 300 g/mol. The number of hydrogen-bond acceptors (Lipinski definition) is 3. The Bertz CT molecular complexity index is 488. The van der Waals surface area contributed by atoms with Gasteiger partial charge in [0.2, 0.25) is 0 Å². The van der Waals surface area contributed by atoms with E-state index in [9.17, 15) is 9.59 Å². The smallest absolute Gasteiger partial charge is 0.303 e. The second kappa shape index (κ2) is 7.75. The van der Waals surface area contributed by atoms with E-state index in [1.807, 2.05) is 13.8 Å². The van der Waals surface area contributed by atoms with Crippen molar-refractivity contribution < 1.29 is 19.4 Å². The van der Waals surface area contributed by atoms with Gasteiger partial charge >= 0.3 is 5.97 Å². The molecule has 0 bridgehead atoms. The lowest BCUT2D eigenvalue weighted by Crippen LogP contribution is -2.26. The average Bonchev–Trinajstić information content (AvgIpc) is 2.35. The number of carbonyl (C=O) groups excluding carboxylic acids is 1. The van der Waals surface area contributed by atoms with Gasteiger partial charge in [-0.15, -0.1) is 0 Å². The van der Waals surface area contributed by atoms with Gasteiger partial charge in [-0.3, -0.25) is 9.59 Å². The highest BCUT2D eigenvalue weighted by Gasteiger charge is 2.14. The first-order valence-corrected chi connectivity index (χ1v) is 6.74. The highest BCUT2D eigenvalue weighted by Crippen LogP contribution is 2.23. The minimum Gasteiger partial charge on any atom is -0.490 e. The van der Waals surface area contributed by atoms with Gasteiger partial charge in [-0.05, 0) is 38.5 Å². The monoisotopic (exact) mass is 299 g/mol. The largest absolute Gasteiger partial charge is 0.490 e. The Hall–Kier alpha value is -1.75. The topological polar surface area (TPSA) is 75.6 Å². The van der Waals surface area contributed by atoms with Crippen LogP contribution in [-0.4, -0.2) is 29.6 Å². The zero-order valence-electron chi connectivity index (χ0n) is 11.5. The summed E-state index contributed by atoms with van der Waals surface area (Å²) in [6, 6.07) is 4.83. The van der Waals surface area contributed by atoms with Crippen LogP contribution in [0.15, 0.2) is 18.2 Å². The van der Waals surface area contributed by atoms with E-state index in [1.54, 1.807) is 12.1 Å². The zero-order valence-corrected chi connectivity index (χ0v) is 12.2. The summed E-state index contributed by atoms with van der Waals surface area (Å²) < 4.78 is 5.55. The molecule has 0 saturated carbocycles. The van der Waals surface area contributed by atoms with Crippen LogP contribution < -0.4 is 10.1 Å². The Labute approximate surface area is 122 Å². The SMILES string of the molecule is CC(C)Oc1ccc(Cl)cc1C(=O)NCCCC(=O)O. The Kier molecular flexibility index (Phi) is 6.31. The lowest BCUT2D eigenvalue weighted by Gasteiger charge is -2.14. The fourth-order valence-electron chi connectivity index (χ4n) is 1.57. The van der Waals surface area contributed by atoms with Gasteiger partial charge in [-0.25, -0.2) is 0 Å². The molecule has 110 valence electrons. The van der Waals surface area contributed by atoms with Gasteiger partial charge in [0, 0.05) is 18.0 Å². The fraction of sp³-hybridized carbons (Fsp3) is 0.429. The number of carboxylic acid groups (broad SMARTS) is 1. The maximum absolute atomic E-state index is 12.0. The molecular formula is C14H18ClNO4. The Morgan fingerprint density at radius 2 is 2.10 bits per heavy atom. The number of carbonyl (C=O) groups is 2. The van der Waals surface area contributed by atoms with Gasteiger partial charge in [0.1, 0.15) is 5.75 Å². The van der Waals surface area contributed by atoms with Crippen LogP contribution >= 0.6 is 11.6 Å². The third-order valence-electron chi connectivity index (χ3n) is 2.40. The number of benzene rings is 1. The molecule has 5 nitrogen and oxygen atoms in total. The molecule has 6 heteroatoms. The normalized spacial score (nSPS) is 10.4. The molecule has 1 rings (SSSR count). The van der Waals surface area contributed by atoms with E-state index in [1.165, 1.54) is 6.07 Å². The van der Waals surface area contributed by atoms with Gasteiger partial charge < -0.3 is 15.2 Å². The van der Waals surface area contributed by atoms with Crippen molar-refractivity contribution >= 4 is 23.5 Å². The second-order valence-electron chi connectivity index (χ2n) is 4.56. The van der Waals surface area contributed by atoms with Crippen LogP contribution in [0.25, 0.3) is 0 Å². The van der Waals surface area contributed by atoms with E-state index in [0.29, 0.717) is 29.3 Å². The summed E-state index contributed by atoms with van der Waals surface area (Å²) in [5.41, 5.74) is 0.349. The molecule has 0 fully saturated rings. The molecule has 0 saturated heterocycles. The molecule has 1 aromatic carbocycles. The zero-order chi connectivity index (χ0) is 15.1. The summed E-state index contributed by atoms with van der Waals surface area (Å²) in [5, 5.41) is 11.6.